The van der Waals surface area contributed by atoms with Gasteiger partial charge in [0.05, 0.1) is 12.2 Å². The summed E-state index contributed by atoms with van der Waals surface area (Å²) in [5.41, 5.74) is 6.40. The first kappa shape index (κ1) is 14.7. The Kier molecular flexibility index (Phi) is 4.08. The smallest absolute Gasteiger partial charge is 0.0972 e. The molecule has 3 heterocycles. The highest BCUT2D eigenvalue weighted by molar-refractivity contribution is 5.09. The predicted octanol–water partition coefficient (Wildman–Crippen LogP) is 0.286. The molecule has 3 aliphatic heterocycles. The highest BCUT2D eigenvalue weighted by Crippen LogP contribution is 2.43. The Bertz CT molecular complexity index is 326. The number of nitrogens with two attached hydrogens (primary N) is 1. The average molecular weight is 283 g/mol. The van der Waals surface area contributed by atoms with Gasteiger partial charge in [-0.1, -0.05) is 0 Å². The lowest BCUT2D eigenvalue weighted by atomic mass is 9.81. The molecular formula is C15H29N3O2. The standard InChI is InChI=1S/C15H29N3O2/c1-17-11-4-5-12(17)7-15(6-11,10-16)18-8-13(19-2)14(9-18)20-3/h11-14H,4-10,16H2,1-3H3. The molecular weight excluding hydrogens is 254 g/mol. The number of likely N-dealkylation sites (tertiary alicyclic amines) is 1. The Morgan fingerprint density at radius 3 is 1.95 bits per heavy atom. The summed E-state index contributed by atoms with van der Waals surface area (Å²) >= 11 is 0. The Hall–Kier alpha value is -0.200. The summed E-state index contributed by atoms with van der Waals surface area (Å²) in [6.45, 7) is 2.66. The van der Waals surface area contributed by atoms with Gasteiger partial charge in [0, 0.05) is 51.5 Å². The largest absolute Gasteiger partial charge is 0.377 e. The van der Waals surface area contributed by atoms with Crippen molar-refractivity contribution in [2.45, 2.75) is 55.5 Å². The molecule has 0 aromatic heterocycles. The number of nitrogens with zero attached hydrogens (tertiary/aromatic N) is 2. The minimum atomic E-state index is 0.155. The number of fused-ring (bicyclic) bond motifs is 2. The van der Waals surface area contributed by atoms with Gasteiger partial charge in [0.2, 0.25) is 0 Å². The molecule has 3 fully saturated rings. The van der Waals surface area contributed by atoms with Gasteiger partial charge in [-0.25, -0.2) is 0 Å². The topological polar surface area (TPSA) is 51.0 Å². The Morgan fingerprint density at radius 2 is 1.55 bits per heavy atom. The molecule has 4 atom stereocenters. The van der Waals surface area contributed by atoms with Gasteiger partial charge in [-0.2, -0.15) is 0 Å². The second-order valence-corrected chi connectivity index (χ2v) is 6.84. The second kappa shape index (κ2) is 5.54. The van der Waals surface area contributed by atoms with Crippen LogP contribution in [0.1, 0.15) is 25.7 Å². The summed E-state index contributed by atoms with van der Waals surface area (Å²) in [5, 5.41) is 0. The van der Waals surface area contributed by atoms with Crippen molar-refractivity contribution in [1.29, 1.82) is 0 Å². The quantitative estimate of drug-likeness (QED) is 0.803. The van der Waals surface area contributed by atoms with Crippen molar-refractivity contribution in [3.05, 3.63) is 0 Å². The minimum Gasteiger partial charge on any atom is -0.377 e. The van der Waals surface area contributed by atoms with E-state index in [-0.39, 0.29) is 17.7 Å². The van der Waals surface area contributed by atoms with Crippen molar-refractivity contribution in [3.63, 3.8) is 0 Å². The lowest BCUT2D eigenvalue weighted by Gasteiger charge is -2.50. The fraction of sp³-hybridized carbons (Fsp3) is 1.00. The van der Waals surface area contributed by atoms with E-state index in [1.165, 1.54) is 25.7 Å². The molecule has 0 amide bonds. The normalized spacial score (nSPS) is 46.2. The van der Waals surface area contributed by atoms with Gasteiger partial charge in [-0.15, -0.1) is 0 Å². The van der Waals surface area contributed by atoms with Crippen LogP contribution in [0, 0.1) is 0 Å². The molecule has 20 heavy (non-hydrogen) atoms. The van der Waals surface area contributed by atoms with Gasteiger partial charge < -0.3 is 20.1 Å². The van der Waals surface area contributed by atoms with E-state index < -0.39 is 0 Å². The molecule has 0 aromatic carbocycles. The fourth-order valence-electron chi connectivity index (χ4n) is 4.68. The van der Waals surface area contributed by atoms with E-state index in [0.29, 0.717) is 12.1 Å². The molecule has 0 aromatic rings. The molecule has 5 heteroatoms. The number of methoxy groups -OCH3 is 2. The van der Waals surface area contributed by atoms with Crippen LogP contribution in [0.5, 0.6) is 0 Å². The summed E-state index contributed by atoms with van der Waals surface area (Å²) in [7, 11) is 5.85. The van der Waals surface area contributed by atoms with Crippen LogP contribution in [0.25, 0.3) is 0 Å². The van der Waals surface area contributed by atoms with E-state index in [9.17, 15) is 0 Å². The first-order valence-corrected chi connectivity index (χ1v) is 7.86. The molecule has 3 saturated heterocycles. The third kappa shape index (κ3) is 2.20. The lowest BCUT2D eigenvalue weighted by molar-refractivity contribution is -0.00461. The monoisotopic (exact) mass is 283 g/mol. The maximum absolute atomic E-state index is 6.25. The molecule has 116 valence electrons. The first-order valence-electron chi connectivity index (χ1n) is 7.86. The van der Waals surface area contributed by atoms with Crippen LogP contribution in [0.4, 0.5) is 0 Å². The molecule has 3 rings (SSSR count). The SMILES string of the molecule is COC1CN(C2(CN)CC3CCC(C2)N3C)CC1OC. The Labute approximate surface area is 122 Å². The number of piperidine rings is 1. The van der Waals surface area contributed by atoms with Gasteiger partial charge in [-0.3, -0.25) is 4.90 Å². The highest BCUT2D eigenvalue weighted by atomic mass is 16.5. The second-order valence-electron chi connectivity index (χ2n) is 6.84. The van der Waals surface area contributed by atoms with Crippen molar-refractivity contribution in [2.75, 3.05) is 40.9 Å². The van der Waals surface area contributed by atoms with E-state index in [2.05, 4.69) is 16.8 Å². The number of hydrogen-bond donors (Lipinski definition) is 1. The van der Waals surface area contributed by atoms with Crippen LogP contribution in [-0.4, -0.2) is 80.5 Å². The molecule has 0 saturated carbocycles. The van der Waals surface area contributed by atoms with Crippen LogP contribution < -0.4 is 5.73 Å². The maximum Gasteiger partial charge on any atom is 0.0972 e. The summed E-state index contributed by atoms with van der Waals surface area (Å²) in [4.78, 5) is 5.14. The van der Waals surface area contributed by atoms with Crippen LogP contribution in [0.3, 0.4) is 0 Å². The average Bonchev–Trinajstić information content (AvgIpc) is 2.97. The molecule has 4 unspecified atom stereocenters. The summed E-state index contributed by atoms with van der Waals surface area (Å²) in [6.07, 6.45) is 5.42. The van der Waals surface area contributed by atoms with Gasteiger partial charge in [-0.05, 0) is 32.7 Å². The molecule has 3 aliphatic rings. The number of ether oxygens (including phenoxy) is 2. The van der Waals surface area contributed by atoms with E-state index >= 15 is 0 Å². The third-order valence-corrected chi connectivity index (χ3v) is 6.09. The molecule has 0 aliphatic carbocycles. The number of rotatable bonds is 4. The zero-order valence-electron chi connectivity index (χ0n) is 13.0. The zero-order chi connectivity index (χ0) is 14.3. The van der Waals surface area contributed by atoms with E-state index in [0.717, 1.165) is 19.6 Å². The van der Waals surface area contributed by atoms with E-state index in [1.54, 1.807) is 14.2 Å². The first-order chi connectivity index (χ1) is 9.63. The Balaban J connectivity index is 1.77. The van der Waals surface area contributed by atoms with Crippen molar-refractivity contribution < 1.29 is 9.47 Å². The van der Waals surface area contributed by atoms with Crippen molar-refractivity contribution in [2.24, 2.45) is 5.73 Å². The molecule has 0 spiro atoms. The van der Waals surface area contributed by atoms with Gasteiger partial charge in [0.15, 0.2) is 0 Å². The maximum atomic E-state index is 6.25. The van der Waals surface area contributed by atoms with Crippen LogP contribution >= 0.6 is 0 Å². The minimum absolute atomic E-state index is 0.155. The van der Waals surface area contributed by atoms with E-state index in [1.807, 2.05) is 0 Å². The highest BCUT2D eigenvalue weighted by Gasteiger charge is 2.52. The van der Waals surface area contributed by atoms with Crippen LogP contribution in [-0.2, 0) is 9.47 Å². The predicted molar refractivity (Wildman–Crippen MR) is 78.8 cm³/mol. The van der Waals surface area contributed by atoms with Crippen molar-refractivity contribution in [1.82, 2.24) is 9.80 Å². The fourth-order valence-corrected chi connectivity index (χ4v) is 4.68. The van der Waals surface area contributed by atoms with Crippen molar-refractivity contribution in [3.8, 4) is 0 Å². The molecule has 0 radical (unpaired) electrons. The Morgan fingerprint density at radius 1 is 1.05 bits per heavy atom. The number of hydrogen-bond acceptors (Lipinski definition) is 5. The molecule has 5 nitrogen and oxygen atoms in total. The van der Waals surface area contributed by atoms with Gasteiger partial charge >= 0.3 is 0 Å². The van der Waals surface area contributed by atoms with Crippen molar-refractivity contribution >= 4 is 0 Å². The zero-order valence-corrected chi connectivity index (χ0v) is 13.0. The summed E-state index contributed by atoms with van der Waals surface area (Å²) < 4.78 is 11.2. The van der Waals surface area contributed by atoms with Gasteiger partial charge in [0.1, 0.15) is 0 Å². The van der Waals surface area contributed by atoms with E-state index in [4.69, 9.17) is 15.2 Å². The van der Waals surface area contributed by atoms with Crippen LogP contribution in [0.2, 0.25) is 0 Å². The van der Waals surface area contributed by atoms with Crippen LogP contribution in [0.15, 0.2) is 0 Å². The lowest BCUT2D eigenvalue weighted by Crippen LogP contribution is -2.61. The third-order valence-electron chi connectivity index (χ3n) is 6.09. The summed E-state index contributed by atoms with van der Waals surface area (Å²) in [5.74, 6) is 0. The van der Waals surface area contributed by atoms with Gasteiger partial charge in [0.25, 0.3) is 0 Å². The summed E-state index contributed by atoms with van der Waals surface area (Å²) in [6, 6.07) is 1.42. The molecule has 2 N–H and O–H groups in total. The molecule has 2 bridgehead atoms.